The minimum absolute atomic E-state index is 0.0203. The summed E-state index contributed by atoms with van der Waals surface area (Å²) < 4.78 is 1.52. The van der Waals surface area contributed by atoms with Crippen molar-refractivity contribution in [1.29, 1.82) is 0 Å². The average Bonchev–Trinajstić information content (AvgIpc) is 2.79. The molecule has 0 atom stereocenters. The van der Waals surface area contributed by atoms with Crippen molar-refractivity contribution in [2.45, 2.75) is 39.2 Å². The molecular weight excluding hydrogens is 408 g/mol. The smallest absolute Gasteiger partial charge is 0.261 e. The molecule has 1 fully saturated rings. The SMILES string of the molecule is CC(C)c1ccccc1N=C1SCCCN1C(=O)CCn1cnc2ccccc2c1=O. The predicted octanol–water partition coefficient (Wildman–Crippen LogP) is 4.56. The van der Waals surface area contributed by atoms with E-state index in [9.17, 15) is 9.59 Å². The third-order valence-corrected chi connectivity index (χ3v) is 6.42. The number of aromatic nitrogens is 2. The van der Waals surface area contributed by atoms with Crippen molar-refractivity contribution in [2.24, 2.45) is 4.99 Å². The molecule has 4 rings (SSSR count). The summed E-state index contributed by atoms with van der Waals surface area (Å²) in [5.74, 6) is 1.28. The molecule has 3 aromatic rings. The van der Waals surface area contributed by atoms with Crippen LogP contribution in [0.1, 0.15) is 38.2 Å². The third kappa shape index (κ3) is 4.71. The van der Waals surface area contributed by atoms with Gasteiger partial charge in [-0.05, 0) is 36.1 Å². The van der Waals surface area contributed by atoms with E-state index in [1.54, 1.807) is 22.7 Å². The largest absolute Gasteiger partial charge is 0.298 e. The third-order valence-electron chi connectivity index (χ3n) is 5.36. The normalized spacial score (nSPS) is 15.7. The molecule has 0 aliphatic carbocycles. The Kier molecular flexibility index (Phi) is 6.51. The van der Waals surface area contributed by atoms with E-state index in [1.807, 2.05) is 36.4 Å². The number of hydrogen-bond donors (Lipinski definition) is 0. The van der Waals surface area contributed by atoms with Crippen molar-refractivity contribution in [2.75, 3.05) is 12.3 Å². The summed E-state index contributed by atoms with van der Waals surface area (Å²) in [5, 5.41) is 1.31. The van der Waals surface area contributed by atoms with Gasteiger partial charge in [-0.3, -0.25) is 19.1 Å². The summed E-state index contributed by atoms with van der Waals surface area (Å²) in [6.07, 6.45) is 2.68. The molecule has 2 aromatic carbocycles. The Balaban J connectivity index is 1.53. The molecule has 0 radical (unpaired) electrons. The first kappa shape index (κ1) is 21.3. The fraction of sp³-hybridized carbons (Fsp3) is 0.333. The summed E-state index contributed by atoms with van der Waals surface area (Å²) in [6, 6.07) is 15.3. The fourth-order valence-electron chi connectivity index (χ4n) is 3.68. The lowest BCUT2D eigenvalue weighted by molar-refractivity contribution is -0.127. The number of amides is 1. The van der Waals surface area contributed by atoms with Crippen LogP contribution in [0.5, 0.6) is 0 Å². The van der Waals surface area contributed by atoms with Crippen molar-refractivity contribution in [3.05, 3.63) is 70.8 Å². The van der Waals surface area contributed by atoms with E-state index in [0.29, 0.717) is 29.9 Å². The predicted molar refractivity (Wildman–Crippen MR) is 127 cm³/mol. The van der Waals surface area contributed by atoms with Crippen molar-refractivity contribution >= 4 is 39.4 Å². The van der Waals surface area contributed by atoms with Crippen molar-refractivity contribution < 1.29 is 4.79 Å². The number of nitrogens with zero attached hydrogens (tertiary/aromatic N) is 4. The lowest BCUT2D eigenvalue weighted by Crippen LogP contribution is -2.40. The molecule has 1 saturated heterocycles. The summed E-state index contributed by atoms with van der Waals surface area (Å²) in [4.78, 5) is 36.7. The first-order chi connectivity index (χ1) is 15.0. The average molecular weight is 435 g/mol. The van der Waals surface area contributed by atoms with Gasteiger partial charge >= 0.3 is 0 Å². The highest BCUT2D eigenvalue weighted by Gasteiger charge is 2.24. The molecule has 31 heavy (non-hydrogen) atoms. The van der Waals surface area contributed by atoms with Crippen LogP contribution in [0.2, 0.25) is 0 Å². The highest BCUT2D eigenvalue weighted by atomic mass is 32.2. The van der Waals surface area contributed by atoms with Crippen LogP contribution < -0.4 is 5.56 Å². The van der Waals surface area contributed by atoms with Crippen LogP contribution in [0.3, 0.4) is 0 Å². The molecular formula is C24H26N4O2S. The molecule has 2 heterocycles. The van der Waals surface area contributed by atoms with Crippen molar-refractivity contribution in [3.8, 4) is 0 Å². The number of hydrogen-bond acceptors (Lipinski definition) is 5. The van der Waals surface area contributed by atoms with E-state index < -0.39 is 0 Å². The first-order valence-corrected chi connectivity index (χ1v) is 11.6. The van der Waals surface area contributed by atoms with Crippen molar-refractivity contribution in [3.63, 3.8) is 0 Å². The van der Waals surface area contributed by atoms with Gasteiger partial charge in [0.1, 0.15) is 0 Å². The van der Waals surface area contributed by atoms with E-state index in [1.165, 1.54) is 16.5 Å². The molecule has 160 valence electrons. The van der Waals surface area contributed by atoms with Crippen LogP contribution in [0.25, 0.3) is 10.9 Å². The minimum atomic E-state index is -0.119. The van der Waals surface area contributed by atoms with Crippen LogP contribution in [0.4, 0.5) is 5.69 Å². The zero-order valence-electron chi connectivity index (χ0n) is 17.8. The molecule has 1 amide bonds. The van der Waals surface area contributed by atoms with Gasteiger partial charge in [-0.15, -0.1) is 0 Å². The molecule has 1 aliphatic rings. The number of benzene rings is 2. The van der Waals surface area contributed by atoms with E-state index in [2.05, 4.69) is 24.9 Å². The highest BCUT2D eigenvalue weighted by Crippen LogP contribution is 2.29. The summed E-state index contributed by atoms with van der Waals surface area (Å²) in [7, 11) is 0. The van der Waals surface area contributed by atoms with Gasteiger partial charge in [-0.25, -0.2) is 9.98 Å². The molecule has 0 unspecified atom stereocenters. The fourth-order valence-corrected chi connectivity index (χ4v) is 4.65. The second kappa shape index (κ2) is 9.47. The van der Waals surface area contributed by atoms with Gasteiger partial charge in [0.15, 0.2) is 5.17 Å². The maximum atomic E-state index is 13.1. The standard InChI is InChI=1S/C24H26N4O2S/c1-17(2)18-8-3-6-11-21(18)26-24-28(13-7-15-31-24)22(29)12-14-27-16-25-20-10-5-4-9-19(20)23(27)30/h3-6,8-11,16-17H,7,12-15H2,1-2H3. The summed E-state index contributed by atoms with van der Waals surface area (Å²) in [5.41, 5.74) is 2.63. The number of fused-ring (bicyclic) bond motifs is 1. The van der Waals surface area contributed by atoms with Crippen LogP contribution in [-0.4, -0.2) is 37.8 Å². The Morgan fingerprint density at radius 1 is 1.16 bits per heavy atom. The first-order valence-electron chi connectivity index (χ1n) is 10.6. The van der Waals surface area contributed by atoms with E-state index in [-0.39, 0.29) is 17.9 Å². The number of aryl methyl sites for hydroxylation is 1. The Morgan fingerprint density at radius 3 is 2.77 bits per heavy atom. The Labute approximate surface area is 186 Å². The number of para-hydroxylation sites is 2. The Morgan fingerprint density at radius 2 is 1.94 bits per heavy atom. The lowest BCUT2D eigenvalue weighted by atomic mass is 10.0. The van der Waals surface area contributed by atoms with Gasteiger partial charge in [0, 0.05) is 25.3 Å². The molecule has 0 N–H and O–H groups in total. The quantitative estimate of drug-likeness (QED) is 0.590. The van der Waals surface area contributed by atoms with Gasteiger partial charge < -0.3 is 0 Å². The molecule has 0 bridgehead atoms. The monoisotopic (exact) mass is 434 g/mol. The minimum Gasteiger partial charge on any atom is -0.298 e. The second-order valence-corrected chi connectivity index (χ2v) is 8.93. The van der Waals surface area contributed by atoms with E-state index >= 15 is 0 Å². The zero-order chi connectivity index (χ0) is 21.8. The highest BCUT2D eigenvalue weighted by molar-refractivity contribution is 8.13. The number of thioether (sulfide) groups is 1. The lowest BCUT2D eigenvalue weighted by Gasteiger charge is -2.28. The molecule has 0 spiro atoms. The Bertz CT molecular complexity index is 1190. The zero-order valence-corrected chi connectivity index (χ0v) is 18.6. The van der Waals surface area contributed by atoms with Gasteiger partial charge in [0.25, 0.3) is 5.56 Å². The summed E-state index contributed by atoms with van der Waals surface area (Å²) >= 11 is 1.62. The van der Waals surface area contributed by atoms with Crippen LogP contribution in [0.15, 0.2) is 64.6 Å². The maximum Gasteiger partial charge on any atom is 0.261 e. The van der Waals surface area contributed by atoms with Gasteiger partial charge in [0.2, 0.25) is 5.91 Å². The van der Waals surface area contributed by atoms with Gasteiger partial charge in [-0.2, -0.15) is 0 Å². The molecule has 1 aromatic heterocycles. The van der Waals surface area contributed by atoms with Gasteiger partial charge in [-0.1, -0.05) is 55.9 Å². The second-order valence-electron chi connectivity index (χ2n) is 7.87. The van der Waals surface area contributed by atoms with Gasteiger partial charge in [0.05, 0.1) is 22.9 Å². The topological polar surface area (TPSA) is 67.6 Å². The maximum absolute atomic E-state index is 13.1. The molecule has 6 nitrogen and oxygen atoms in total. The number of amidine groups is 1. The van der Waals surface area contributed by atoms with Crippen molar-refractivity contribution in [1.82, 2.24) is 14.5 Å². The number of aliphatic imine (C=N–C) groups is 1. The van der Waals surface area contributed by atoms with Crippen LogP contribution >= 0.6 is 11.8 Å². The number of rotatable bonds is 5. The molecule has 1 aliphatic heterocycles. The number of carbonyl (C=O) groups excluding carboxylic acids is 1. The van der Waals surface area contributed by atoms with Crippen LogP contribution in [-0.2, 0) is 11.3 Å². The van der Waals surface area contributed by atoms with Crippen LogP contribution in [0, 0.1) is 0 Å². The molecule has 7 heteroatoms. The van der Waals surface area contributed by atoms with E-state index in [4.69, 9.17) is 4.99 Å². The van der Waals surface area contributed by atoms with E-state index in [0.717, 1.165) is 23.0 Å². The Hall–Kier alpha value is -2.93. The number of carbonyl (C=O) groups is 1. The summed E-state index contributed by atoms with van der Waals surface area (Å²) in [6.45, 7) is 5.24. The molecule has 0 saturated carbocycles.